The predicted molar refractivity (Wildman–Crippen MR) is 88.8 cm³/mol. The van der Waals surface area contributed by atoms with E-state index in [-0.39, 0.29) is 23.7 Å². The Bertz CT molecular complexity index is 930. The van der Waals surface area contributed by atoms with E-state index in [4.69, 9.17) is 15.0 Å². The average Bonchev–Trinajstić information content (AvgIpc) is 2.69. The molecule has 0 aromatic heterocycles. The minimum Gasteiger partial charge on any atom is -0.493 e. The maximum Gasteiger partial charge on any atom is 0.328 e. The summed E-state index contributed by atoms with van der Waals surface area (Å²) in [5.41, 5.74) is 7.49. The van der Waals surface area contributed by atoms with Crippen LogP contribution in [-0.4, -0.2) is 30.5 Å². The molecule has 0 radical (unpaired) electrons. The van der Waals surface area contributed by atoms with Crippen molar-refractivity contribution in [2.45, 2.75) is 13.5 Å². The number of halogens is 4. The van der Waals surface area contributed by atoms with Gasteiger partial charge in [-0.25, -0.2) is 8.78 Å². The molecule has 0 unspecified atom stereocenters. The number of ketones is 1. The minimum absolute atomic E-state index is 0.00452. The Hall–Kier alpha value is -3.39. The third-order valence-electron chi connectivity index (χ3n) is 3.60. The summed E-state index contributed by atoms with van der Waals surface area (Å²) in [6.07, 6.45) is 0.658. The standard InChI is InChI=1S/C18H14F4N2O4/c1-3-27-18-16(21)14(19)10(15(20)17(18)22)8-28-12-5-4-9(6-13(12)26-2)11(25)7-24-23/h4-7H,3,8H2,1-2H3. The molecule has 0 saturated carbocycles. The van der Waals surface area contributed by atoms with Crippen LogP contribution < -0.4 is 14.2 Å². The monoisotopic (exact) mass is 398 g/mol. The van der Waals surface area contributed by atoms with Crippen molar-refractivity contribution in [3.63, 3.8) is 0 Å². The molecule has 6 nitrogen and oxygen atoms in total. The molecule has 0 fully saturated rings. The van der Waals surface area contributed by atoms with Gasteiger partial charge in [-0.2, -0.15) is 13.6 Å². The highest BCUT2D eigenvalue weighted by molar-refractivity contribution is 6.33. The Morgan fingerprint density at radius 3 is 2.25 bits per heavy atom. The maximum atomic E-state index is 14.1. The SMILES string of the molecule is CCOc1c(F)c(F)c(COc2ccc(C(=O)C=[N+]=[N-])cc2OC)c(F)c1F. The number of carbonyl (C=O) groups excluding carboxylic acids is 1. The van der Waals surface area contributed by atoms with Gasteiger partial charge in [-0.15, -0.1) is 0 Å². The molecular weight excluding hydrogens is 384 g/mol. The lowest BCUT2D eigenvalue weighted by Gasteiger charge is -2.14. The third kappa shape index (κ3) is 4.12. The second-order valence-electron chi connectivity index (χ2n) is 5.26. The van der Waals surface area contributed by atoms with E-state index < -0.39 is 47.0 Å². The van der Waals surface area contributed by atoms with Crippen LogP contribution in [0.25, 0.3) is 5.53 Å². The second-order valence-corrected chi connectivity index (χ2v) is 5.26. The summed E-state index contributed by atoms with van der Waals surface area (Å²) in [5, 5.41) is 0. The van der Waals surface area contributed by atoms with Crippen molar-refractivity contribution < 1.29 is 41.4 Å². The van der Waals surface area contributed by atoms with Crippen molar-refractivity contribution in [2.75, 3.05) is 13.7 Å². The first kappa shape index (κ1) is 20.9. The molecule has 0 heterocycles. The first-order chi connectivity index (χ1) is 13.3. The van der Waals surface area contributed by atoms with Crippen molar-refractivity contribution in [2.24, 2.45) is 0 Å². The molecule has 28 heavy (non-hydrogen) atoms. The van der Waals surface area contributed by atoms with Gasteiger partial charge in [-0.1, -0.05) is 0 Å². The topological polar surface area (TPSA) is 81.2 Å². The Kier molecular flexibility index (Phi) is 6.73. The second kappa shape index (κ2) is 9.01. The first-order valence-corrected chi connectivity index (χ1v) is 7.85. The molecule has 0 atom stereocenters. The van der Waals surface area contributed by atoms with Gasteiger partial charge in [0.05, 0.1) is 19.3 Å². The summed E-state index contributed by atoms with van der Waals surface area (Å²) in [6, 6.07) is 3.74. The summed E-state index contributed by atoms with van der Waals surface area (Å²) in [7, 11) is 1.24. The van der Waals surface area contributed by atoms with E-state index >= 15 is 0 Å². The van der Waals surface area contributed by atoms with Crippen molar-refractivity contribution in [1.29, 1.82) is 0 Å². The van der Waals surface area contributed by atoms with Gasteiger partial charge in [-0.05, 0) is 25.1 Å². The van der Waals surface area contributed by atoms with E-state index in [1.807, 2.05) is 0 Å². The molecule has 10 heteroatoms. The van der Waals surface area contributed by atoms with Crippen molar-refractivity contribution in [3.8, 4) is 17.2 Å². The van der Waals surface area contributed by atoms with Crippen molar-refractivity contribution in [3.05, 3.63) is 58.1 Å². The van der Waals surface area contributed by atoms with Crippen molar-refractivity contribution in [1.82, 2.24) is 0 Å². The normalized spacial score (nSPS) is 10.2. The zero-order chi connectivity index (χ0) is 20.8. The van der Waals surface area contributed by atoms with Gasteiger partial charge in [0.2, 0.25) is 11.6 Å². The average molecular weight is 398 g/mol. The fourth-order valence-electron chi connectivity index (χ4n) is 2.27. The zero-order valence-corrected chi connectivity index (χ0v) is 14.8. The van der Waals surface area contributed by atoms with E-state index in [1.54, 1.807) is 0 Å². The van der Waals surface area contributed by atoms with Crippen LogP contribution in [0.3, 0.4) is 0 Å². The summed E-state index contributed by atoms with van der Waals surface area (Å²) in [6.45, 7) is 0.351. The molecule has 0 aliphatic rings. The number of carbonyl (C=O) groups is 1. The van der Waals surface area contributed by atoms with E-state index in [0.29, 0.717) is 6.21 Å². The summed E-state index contributed by atoms with van der Waals surface area (Å²) < 4.78 is 70.9. The van der Waals surface area contributed by atoms with Gasteiger partial charge in [0.15, 0.2) is 28.9 Å². The molecule has 0 saturated heterocycles. The molecule has 148 valence electrons. The number of nitrogens with zero attached hydrogens (tertiary/aromatic N) is 2. The molecule has 0 N–H and O–H groups in total. The van der Waals surface area contributed by atoms with Gasteiger partial charge >= 0.3 is 6.21 Å². The molecular formula is C18H14F4N2O4. The molecule has 0 spiro atoms. The smallest absolute Gasteiger partial charge is 0.328 e. The highest BCUT2D eigenvalue weighted by Gasteiger charge is 2.27. The molecule has 2 aromatic rings. The van der Waals surface area contributed by atoms with E-state index in [1.165, 1.54) is 32.2 Å². The van der Waals surface area contributed by atoms with Crippen LogP contribution in [-0.2, 0) is 6.61 Å². The Labute approximate surface area is 156 Å². The number of Topliss-reactive ketones (excluding diaryl/α,β-unsaturated/α-hetero) is 1. The van der Waals surface area contributed by atoms with E-state index in [2.05, 4.69) is 9.53 Å². The van der Waals surface area contributed by atoms with E-state index in [0.717, 1.165) is 0 Å². The van der Waals surface area contributed by atoms with Crippen LogP contribution in [0.5, 0.6) is 17.2 Å². The third-order valence-corrected chi connectivity index (χ3v) is 3.60. The Balaban J connectivity index is 2.34. The predicted octanol–water partition coefficient (Wildman–Crippen LogP) is 3.71. The number of benzene rings is 2. The Morgan fingerprint density at radius 1 is 1.07 bits per heavy atom. The molecule has 2 aromatic carbocycles. The maximum absolute atomic E-state index is 14.1. The minimum atomic E-state index is -1.67. The van der Waals surface area contributed by atoms with Gasteiger partial charge in [0.1, 0.15) is 6.61 Å². The van der Waals surface area contributed by atoms with Gasteiger partial charge in [0.25, 0.3) is 5.78 Å². The van der Waals surface area contributed by atoms with Crippen LogP contribution in [0.4, 0.5) is 17.6 Å². The lowest BCUT2D eigenvalue weighted by Crippen LogP contribution is -2.11. The van der Waals surface area contributed by atoms with Crippen LogP contribution in [0.2, 0.25) is 0 Å². The number of ether oxygens (including phenoxy) is 3. The van der Waals surface area contributed by atoms with Crippen LogP contribution in [0.15, 0.2) is 18.2 Å². The first-order valence-electron chi connectivity index (χ1n) is 7.85. The lowest BCUT2D eigenvalue weighted by atomic mass is 10.1. The molecule has 0 aliphatic carbocycles. The quantitative estimate of drug-likeness (QED) is 0.170. The number of methoxy groups -OCH3 is 1. The largest absolute Gasteiger partial charge is 0.493 e. The molecule has 0 amide bonds. The highest BCUT2D eigenvalue weighted by atomic mass is 19.2. The van der Waals surface area contributed by atoms with Crippen LogP contribution >= 0.6 is 0 Å². The van der Waals surface area contributed by atoms with Crippen LogP contribution in [0.1, 0.15) is 22.8 Å². The van der Waals surface area contributed by atoms with Gasteiger partial charge in [0, 0.05) is 5.56 Å². The van der Waals surface area contributed by atoms with E-state index in [9.17, 15) is 22.4 Å². The fraction of sp³-hybridized carbons (Fsp3) is 0.222. The van der Waals surface area contributed by atoms with Gasteiger partial charge < -0.3 is 19.7 Å². The van der Waals surface area contributed by atoms with Crippen LogP contribution in [0, 0.1) is 23.3 Å². The Morgan fingerprint density at radius 2 is 1.71 bits per heavy atom. The van der Waals surface area contributed by atoms with Gasteiger partial charge in [-0.3, -0.25) is 4.79 Å². The highest BCUT2D eigenvalue weighted by Crippen LogP contribution is 2.33. The zero-order valence-electron chi connectivity index (χ0n) is 14.8. The van der Waals surface area contributed by atoms with Crippen molar-refractivity contribution >= 4 is 12.0 Å². The number of rotatable bonds is 8. The number of hydrogen-bond acceptors (Lipinski definition) is 4. The molecule has 0 aliphatic heterocycles. The molecule has 0 bridgehead atoms. The fourth-order valence-corrected chi connectivity index (χ4v) is 2.27. The lowest BCUT2D eigenvalue weighted by molar-refractivity contribution is 0.00234. The summed E-state index contributed by atoms with van der Waals surface area (Å²) in [5.74, 6) is -8.46. The molecule has 2 rings (SSSR count). The summed E-state index contributed by atoms with van der Waals surface area (Å²) in [4.78, 5) is 14.3. The summed E-state index contributed by atoms with van der Waals surface area (Å²) >= 11 is 0. The number of hydrogen-bond donors (Lipinski definition) is 0.